The van der Waals surface area contributed by atoms with Gasteiger partial charge in [-0.3, -0.25) is 11.3 Å². The minimum absolute atomic E-state index is 0.494. The Hall–Kier alpha value is -0.380. The van der Waals surface area contributed by atoms with E-state index in [1.807, 2.05) is 11.3 Å². The number of thiophene rings is 1. The van der Waals surface area contributed by atoms with Crippen molar-refractivity contribution in [2.75, 3.05) is 0 Å². The van der Waals surface area contributed by atoms with Crippen molar-refractivity contribution in [3.63, 3.8) is 0 Å². The van der Waals surface area contributed by atoms with Crippen LogP contribution in [0.4, 0.5) is 0 Å². The van der Waals surface area contributed by atoms with Crippen molar-refractivity contribution in [3.05, 3.63) is 22.4 Å². The van der Waals surface area contributed by atoms with Gasteiger partial charge in [0, 0.05) is 10.9 Å². The van der Waals surface area contributed by atoms with Gasteiger partial charge in [0.15, 0.2) is 0 Å². The molecular weight excluding hydrogens is 216 g/mol. The van der Waals surface area contributed by atoms with Gasteiger partial charge in [-0.15, -0.1) is 11.3 Å². The summed E-state index contributed by atoms with van der Waals surface area (Å²) in [5.41, 5.74) is 3.07. The normalized spacial score (nSPS) is 34.4. The lowest BCUT2D eigenvalue weighted by molar-refractivity contribution is 0.249. The lowest BCUT2D eigenvalue weighted by Crippen LogP contribution is -2.44. The van der Waals surface area contributed by atoms with E-state index in [9.17, 15) is 0 Å². The van der Waals surface area contributed by atoms with Gasteiger partial charge in [0.25, 0.3) is 0 Å². The van der Waals surface area contributed by atoms with Crippen LogP contribution in [0.15, 0.2) is 17.5 Å². The van der Waals surface area contributed by atoms with Crippen molar-refractivity contribution in [1.29, 1.82) is 0 Å². The Bertz CT molecular complexity index is 336. The number of fused-ring (bicyclic) bond motifs is 2. The van der Waals surface area contributed by atoms with Gasteiger partial charge in [-0.25, -0.2) is 0 Å². The van der Waals surface area contributed by atoms with Gasteiger partial charge in [0.05, 0.1) is 0 Å². The molecule has 16 heavy (non-hydrogen) atoms. The highest BCUT2D eigenvalue weighted by Crippen LogP contribution is 2.49. The molecule has 0 aliphatic heterocycles. The van der Waals surface area contributed by atoms with Crippen molar-refractivity contribution >= 4 is 11.3 Å². The topological polar surface area (TPSA) is 38.0 Å². The molecule has 1 aromatic heterocycles. The van der Waals surface area contributed by atoms with Crippen LogP contribution in [0.25, 0.3) is 0 Å². The molecule has 4 atom stereocenters. The fourth-order valence-electron chi connectivity index (χ4n) is 3.77. The van der Waals surface area contributed by atoms with Crippen LogP contribution in [-0.4, -0.2) is 6.04 Å². The number of nitrogens with one attached hydrogen (secondary N) is 1. The van der Waals surface area contributed by atoms with E-state index in [1.54, 1.807) is 0 Å². The molecule has 2 aliphatic carbocycles. The van der Waals surface area contributed by atoms with Crippen molar-refractivity contribution in [3.8, 4) is 0 Å². The van der Waals surface area contributed by atoms with Crippen molar-refractivity contribution < 1.29 is 0 Å². The van der Waals surface area contributed by atoms with E-state index < -0.39 is 0 Å². The summed E-state index contributed by atoms with van der Waals surface area (Å²) in [6.07, 6.45) is 6.90. The molecule has 4 unspecified atom stereocenters. The van der Waals surface area contributed by atoms with Gasteiger partial charge >= 0.3 is 0 Å². The van der Waals surface area contributed by atoms with E-state index in [2.05, 4.69) is 22.9 Å². The zero-order valence-electron chi connectivity index (χ0n) is 9.56. The minimum Gasteiger partial charge on any atom is -0.271 e. The number of hydrazine groups is 1. The Morgan fingerprint density at radius 3 is 2.94 bits per heavy atom. The summed E-state index contributed by atoms with van der Waals surface area (Å²) in [7, 11) is 0. The summed E-state index contributed by atoms with van der Waals surface area (Å²) in [5, 5.41) is 2.16. The predicted octanol–water partition coefficient (Wildman–Crippen LogP) is 2.56. The van der Waals surface area contributed by atoms with Crippen molar-refractivity contribution in [2.24, 2.45) is 23.6 Å². The highest BCUT2D eigenvalue weighted by Gasteiger charge is 2.42. The zero-order chi connectivity index (χ0) is 11.0. The molecule has 3 heteroatoms. The van der Waals surface area contributed by atoms with E-state index >= 15 is 0 Å². The van der Waals surface area contributed by atoms with Gasteiger partial charge in [-0.2, -0.15) is 0 Å². The average molecular weight is 236 g/mol. The first-order valence-electron chi connectivity index (χ1n) is 6.35. The van der Waals surface area contributed by atoms with Crippen LogP contribution in [0.5, 0.6) is 0 Å². The maximum Gasteiger partial charge on any atom is 0.0289 e. The molecule has 2 bridgehead atoms. The van der Waals surface area contributed by atoms with E-state index in [4.69, 9.17) is 5.84 Å². The Labute approximate surface area is 101 Å². The second-order valence-electron chi connectivity index (χ2n) is 5.40. The van der Waals surface area contributed by atoms with Crippen molar-refractivity contribution in [1.82, 2.24) is 5.43 Å². The Kier molecular flexibility index (Phi) is 3.01. The number of hydrogen-bond acceptors (Lipinski definition) is 3. The molecular formula is C13H20N2S. The van der Waals surface area contributed by atoms with Crippen LogP contribution >= 0.6 is 11.3 Å². The summed E-state index contributed by atoms with van der Waals surface area (Å²) >= 11 is 1.85. The van der Waals surface area contributed by atoms with E-state index in [0.717, 1.165) is 24.2 Å². The molecule has 1 aromatic rings. The summed E-state index contributed by atoms with van der Waals surface area (Å²) < 4.78 is 0. The van der Waals surface area contributed by atoms with Crippen LogP contribution in [-0.2, 0) is 6.42 Å². The molecule has 2 saturated carbocycles. The lowest BCUT2D eigenvalue weighted by atomic mass is 9.82. The van der Waals surface area contributed by atoms with Crippen LogP contribution < -0.4 is 11.3 Å². The Morgan fingerprint density at radius 2 is 2.38 bits per heavy atom. The first-order valence-corrected chi connectivity index (χ1v) is 7.23. The highest BCUT2D eigenvalue weighted by molar-refractivity contribution is 7.09. The fourth-order valence-corrected chi connectivity index (χ4v) is 4.53. The fraction of sp³-hybridized carbons (Fsp3) is 0.692. The van der Waals surface area contributed by atoms with Gasteiger partial charge in [-0.1, -0.05) is 12.5 Å². The molecule has 0 spiro atoms. The van der Waals surface area contributed by atoms with E-state index in [-0.39, 0.29) is 0 Å². The van der Waals surface area contributed by atoms with E-state index in [0.29, 0.717) is 6.04 Å². The summed E-state index contributed by atoms with van der Waals surface area (Å²) in [5.74, 6) is 8.54. The third-order valence-electron chi connectivity index (χ3n) is 4.52. The van der Waals surface area contributed by atoms with Crippen LogP contribution in [0.2, 0.25) is 0 Å². The SMILES string of the molecule is NNC(Cc1cccs1)C1CC2CCC1C2. The van der Waals surface area contributed by atoms with Gasteiger partial charge < -0.3 is 0 Å². The van der Waals surface area contributed by atoms with E-state index in [1.165, 1.54) is 30.6 Å². The molecule has 88 valence electrons. The van der Waals surface area contributed by atoms with Gasteiger partial charge in [0.2, 0.25) is 0 Å². The first kappa shape index (κ1) is 10.8. The maximum atomic E-state index is 5.76. The largest absolute Gasteiger partial charge is 0.271 e. The summed E-state index contributed by atoms with van der Waals surface area (Å²) in [4.78, 5) is 1.46. The number of nitrogens with two attached hydrogens (primary N) is 1. The van der Waals surface area contributed by atoms with Gasteiger partial charge in [0.1, 0.15) is 0 Å². The zero-order valence-corrected chi connectivity index (χ0v) is 10.4. The smallest absolute Gasteiger partial charge is 0.0289 e. The first-order chi connectivity index (χ1) is 7.86. The van der Waals surface area contributed by atoms with Crippen LogP contribution in [0.1, 0.15) is 30.6 Å². The van der Waals surface area contributed by atoms with Crippen LogP contribution in [0.3, 0.4) is 0 Å². The molecule has 2 aliphatic rings. The quantitative estimate of drug-likeness (QED) is 0.623. The van der Waals surface area contributed by atoms with Crippen LogP contribution in [0, 0.1) is 17.8 Å². The molecule has 2 nitrogen and oxygen atoms in total. The van der Waals surface area contributed by atoms with Gasteiger partial charge in [-0.05, 0) is 54.9 Å². The molecule has 1 heterocycles. The molecule has 3 N–H and O–H groups in total. The summed E-state index contributed by atoms with van der Waals surface area (Å²) in [6, 6.07) is 4.85. The number of hydrogen-bond donors (Lipinski definition) is 2. The molecule has 0 saturated heterocycles. The molecule has 0 amide bonds. The molecule has 2 fully saturated rings. The monoisotopic (exact) mass is 236 g/mol. The summed E-state index contributed by atoms with van der Waals surface area (Å²) in [6.45, 7) is 0. The number of rotatable bonds is 4. The Balaban J connectivity index is 1.67. The highest BCUT2D eigenvalue weighted by atomic mass is 32.1. The second-order valence-corrected chi connectivity index (χ2v) is 6.43. The second kappa shape index (κ2) is 4.47. The Morgan fingerprint density at radius 1 is 1.44 bits per heavy atom. The lowest BCUT2D eigenvalue weighted by Gasteiger charge is -2.29. The molecule has 3 rings (SSSR count). The average Bonchev–Trinajstić information content (AvgIpc) is 3.02. The maximum absolute atomic E-state index is 5.76. The standard InChI is InChI=1S/C13H20N2S/c14-15-13(8-11-2-1-5-16-11)12-7-9-3-4-10(12)6-9/h1-2,5,9-10,12-13,15H,3-4,6-8,14H2. The molecule has 0 aromatic carbocycles. The predicted molar refractivity (Wildman–Crippen MR) is 68.1 cm³/mol. The van der Waals surface area contributed by atoms with Crippen molar-refractivity contribution in [2.45, 2.75) is 38.1 Å². The molecule has 0 radical (unpaired) electrons. The minimum atomic E-state index is 0.494. The third-order valence-corrected chi connectivity index (χ3v) is 5.42. The third kappa shape index (κ3) is 1.92.